The average molecular weight is 341 g/mol. The van der Waals surface area contributed by atoms with Gasteiger partial charge in [-0.1, -0.05) is 6.07 Å². The first-order valence-corrected chi connectivity index (χ1v) is 8.15. The SMILES string of the molecule is COC(=O)c1cccc(NCCC(=O)N(C)CCc2ccncc2)c1. The molecule has 1 amide bonds. The molecule has 1 aromatic carbocycles. The first-order chi connectivity index (χ1) is 12.1. The number of pyridine rings is 1. The maximum absolute atomic E-state index is 12.2. The van der Waals surface area contributed by atoms with Crippen LogP contribution >= 0.6 is 0 Å². The molecular formula is C19H23N3O3. The van der Waals surface area contributed by atoms with Gasteiger partial charge < -0.3 is 15.0 Å². The summed E-state index contributed by atoms with van der Waals surface area (Å²) in [5, 5.41) is 3.16. The maximum atomic E-state index is 12.2. The predicted molar refractivity (Wildman–Crippen MR) is 96.5 cm³/mol. The van der Waals surface area contributed by atoms with E-state index < -0.39 is 0 Å². The first kappa shape index (κ1) is 18.4. The molecule has 1 heterocycles. The molecular weight excluding hydrogens is 318 g/mol. The number of nitrogens with zero attached hydrogens (tertiary/aromatic N) is 2. The first-order valence-electron chi connectivity index (χ1n) is 8.15. The van der Waals surface area contributed by atoms with Gasteiger partial charge in [-0.05, 0) is 42.3 Å². The summed E-state index contributed by atoms with van der Waals surface area (Å²) in [6.07, 6.45) is 4.70. The molecule has 0 aliphatic carbocycles. The van der Waals surface area contributed by atoms with E-state index in [-0.39, 0.29) is 11.9 Å². The molecule has 0 unspecified atom stereocenters. The highest BCUT2D eigenvalue weighted by Crippen LogP contribution is 2.11. The molecule has 0 radical (unpaired) electrons. The van der Waals surface area contributed by atoms with Gasteiger partial charge in [0.15, 0.2) is 0 Å². The van der Waals surface area contributed by atoms with E-state index in [1.54, 1.807) is 42.5 Å². The summed E-state index contributed by atoms with van der Waals surface area (Å²) < 4.78 is 4.70. The highest BCUT2D eigenvalue weighted by Gasteiger charge is 2.09. The van der Waals surface area contributed by atoms with Crippen LogP contribution in [0.2, 0.25) is 0 Å². The van der Waals surface area contributed by atoms with Crippen LogP contribution in [0.5, 0.6) is 0 Å². The van der Waals surface area contributed by atoms with Crippen LogP contribution in [0.1, 0.15) is 22.3 Å². The molecule has 0 fully saturated rings. The van der Waals surface area contributed by atoms with E-state index in [0.29, 0.717) is 25.1 Å². The molecule has 0 aliphatic heterocycles. The second kappa shape index (κ2) is 9.42. The van der Waals surface area contributed by atoms with Crippen LogP contribution in [-0.4, -0.2) is 49.0 Å². The number of ether oxygens (including phenoxy) is 1. The second-order valence-electron chi connectivity index (χ2n) is 5.67. The summed E-state index contributed by atoms with van der Waals surface area (Å²) in [5.74, 6) is -0.304. The van der Waals surface area contributed by atoms with Gasteiger partial charge >= 0.3 is 5.97 Å². The van der Waals surface area contributed by atoms with E-state index in [1.807, 2.05) is 18.2 Å². The highest BCUT2D eigenvalue weighted by atomic mass is 16.5. The molecule has 25 heavy (non-hydrogen) atoms. The number of carbonyl (C=O) groups excluding carboxylic acids is 2. The van der Waals surface area contributed by atoms with Gasteiger partial charge in [-0.15, -0.1) is 0 Å². The lowest BCUT2D eigenvalue weighted by Gasteiger charge is -2.17. The van der Waals surface area contributed by atoms with Crippen molar-refractivity contribution < 1.29 is 14.3 Å². The molecule has 132 valence electrons. The van der Waals surface area contributed by atoms with Gasteiger partial charge in [0.25, 0.3) is 0 Å². The van der Waals surface area contributed by atoms with Gasteiger partial charge in [0.2, 0.25) is 5.91 Å². The van der Waals surface area contributed by atoms with Crippen molar-refractivity contribution in [2.24, 2.45) is 0 Å². The summed E-state index contributed by atoms with van der Waals surface area (Å²) in [6.45, 7) is 1.17. The second-order valence-corrected chi connectivity index (χ2v) is 5.67. The lowest BCUT2D eigenvalue weighted by molar-refractivity contribution is -0.129. The molecule has 2 rings (SSSR count). The zero-order valence-corrected chi connectivity index (χ0v) is 14.6. The Hall–Kier alpha value is -2.89. The van der Waals surface area contributed by atoms with Gasteiger partial charge in [0, 0.05) is 44.6 Å². The lowest BCUT2D eigenvalue weighted by Crippen LogP contribution is -2.30. The monoisotopic (exact) mass is 341 g/mol. The Morgan fingerprint density at radius 3 is 2.68 bits per heavy atom. The minimum atomic E-state index is -0.379. The molecule has 1 aromatic heterocycles. The molecule has 1 N–H and O–H groups in total. The van der Waals surface area contributed by atoms with Crippen molar-refractivity contribution in [1.29, 1.82) is 0 Å². The van der Waals surface area contributed by atoms with Crippen LogP contribution < -0.4 is 5.32 Å². The van der Waals surface area contributed by atoms with Crippen LogP contribution in [0, 0.1) is 0 Å². The minimum Gasteiger partial charge on any atom is -0.465 e. The van der Waals surface area contributed by atoms with Gasteiger partial charge in [-0.25, -0.2) is 4.79 Å². The maximum Gasteiger partial charge on any atom is 0.337 e. The number of benzene rings is 1. The molecule has 0 saturated carbocycles. The van der Waals surface area contributed by atoms with E-state index in [9.17, 15) is 9.59 Å². The zero-order chi connectivity index (χ0) is 18.1. The van der Waals surface area contributed by atoms with Crippen LogP contribution in [0.3, 0.4) is 0 Å². The quantitative estimate of drug-likeness (QED) is 0.747. The Morgan fingerprint density at radius 1 is 1.20 bits per heavy atom. The lowest BCUT2D eigenvalue weighted by atomic mass is 10.2. The van der Waals surface area contributed by atoms with Gasteiger partial charge in [-0.2, -0.15) is 0 Å². The molecule has 6 heteroatoms. The van der Waals surface area contributed by atoms with Crippen LogP contribution in [0.25, 0.3) is 0 Å². The molecule has 0 atom stereocenters. The smallest absolute Gasteiger partial charge is 0.337 e. The number of nitrogens with one attached hydrogen (secondary N) is 1. The summed E-state index contributed by atoms with van der Waals surface area (Å²) in [6, 6.07) is 10.9. The highest BCUT2D eigenvalue weighted by molar-refractivity contribution is 5.90. The Morgan fingerprint density at radius 2 is 1.96 bits per heavy atom. The van der Waals surface area contributed by atoms with Crippen LogP contribution in [0.4, 0.5) is 5.69 Å². The van der Waals surface area contributed by atoms with Crippen molar-refractivity contribution in [1.82, 2.24) is 9.88 Å². The number of carbonyl (C=O) groups is 2. The zero-order valence-electron chi connectivity index (χ0n) is 14.6. The number of amides is 1. The van der Waals surface area contributed by atoms with Crippen LogP contribution in [0.15, 0.2) is 48.8 Å². The van der Waals surface area contributed by atoms with Crippen molar-refractivity contribution >= 4 is 17.6 Å². The topological polar surface area (TPSA) is 71.5 Å². The molecule has 2 aromatic rings. The van der Waals surface area contributed by atoms with E-state index in [1.165, 1.54) is 7.11 Å². The van der Waals surface area contributed by atoms with Gasteiger partial charge in [0.1, 0.15) is 0 Å². The summed E-state index contributed by atoms with van der Waals surface area (Å²) in [4.78, 5) is 29.4. The van der Waals surface area contributed by atoms with E-state index in [0.717, 1.165) is 17.7 Å². The van der Waals surface area contributed by atoms with Crippen molar-refractivity contribution in [3.8, 4) is 0 Å². The number of esters is 1. The number of rotatable bonds is 8. The fourth-order valence-electron chi connectivity index (χ4n) is 2.35. The Bertz CT molecular complexity index is 704. The normalized spacial score (nSPS) is 10.2. The van der Waals surface area contributed by atoms with Crippen molar-refractivity contribution in [2.45, 2.75) is 12.8 Å². The van der Waals surface area contributed by atoms with Crippen molar-refractivity contribution in [3.05, 3.63) is 59.9 Å². The number of hydrogen-bond acceptors (Lipinski definition) is 5. The molecule has 0 bridgehead atoms. The molecule has 6 nitrogen and oxygen atoms in total. The fraction of sp³-hybridized carbons (Fsp3) is 0.316. The molecule has 0 saturated heterocycles. The Kier molecular flexibility index (Phi) is 6.95. The number of hydrogen-bond donors (Lipinski definition) is 1. The Balaban J connectivity index is 1.75. The number of anilines is 1. The third-order valence-electron chi connectivity index (χ3n) is 3.86. The Labute approximate surface area is 147 Å². The van der Waals surface area contributed by atoms with Crippen molar-refractivity contribution in [3.63, 3.8) is 0 Å². The van der Waals surface area contributed by atoms with E-state index in [4.69, 9.17) is 4.74 Å². The van der Waals surface area contributed by atoms with Gasteiger partial charge in [-0.3, -0.25) is 9.78 Å². The van der Waals surface area contributed by atoms with Crippen molar-refractivity contribution in [2.75, 3.05) is 32.6 Å². The standard InChI is InChI=1S/C19H23N3O3/c1-22(13-9-15-6-10-20-11-7-15)18(23)8-12-21-17-5-3-4-16(14-17)19(24)25-2/h3-7,10-11,14,21H,8-9,12-13H2,1-2H3. The third kappa shape index (κ3) is 5.91. The largest absolute Gasteiger partial charge is 0.465 e. The number of methoxy groups -OCH3 is 1. The molecule has 0 spiro atoms. The predicted octanol–water partition coefficient (Wildman–Crippen LogP) is 2.37. The van der Waals surface area contributed by atoms with E-state index >= 15 is 0 Å². The summed E-state index contributed by atoms with van der Waals surface area (Å²) in [5.41, 5.74) is 2.43. The fourth-order valence-corrected chi connectivity index (χ4v) is 2.35. The van der Waals surface area contributed by atoms with Crippen LogP contribution in [-0.2, 0) is 16.0 Å². The average Bonchev–Trinajstić information content (AvgIpc) is 2.66. The van der Waals surface area contributed by atoms with E-state index in [2.05, 4.69) is 10.3 Å². The number of aromatic nitrogens is 1. The summed E-state index contributed by atoms with van der Waals surface area (Å²) >= 11 is 0. The molecule has 0 aliphatic rings. The third-order valence-corrected chi connectivity index (χ3v) is 3.86. The minimum absolute atomic E-state index is 0.0747. The van der Waals surface area contributed by atoms with Gasteiger partial charge in [0.05, 0.1) is 12.7 Å². The summed E-state index contributed by atoms with van der Waals surface area (Å²) in [7, 11) is 3.16. The number of likely N-dealkylation sites (N-methyl/N-ethyl adjacent to an activating group) is 1.